The largest absolute Gasteiger partial charge is 0.486 e. The van der Waals surface area contributed by atoms with Gasteiger partial charge in [0.2, 0.25) is 0 Å². The van der Waals surface area contributed by atoms with Crippen LogP contribution in [0.15, 0.2) is 53.4 Å². The van der Waals surface area contributed by atoms with E-state index in [1.54, 1.807) is 11.8 Å². The van der Waals surface area contributed by atoms with E-state index in [9.17, 15) is 9.59 Å². The van der Waals surface area contributed by atoms with Gasteiger partial charge in [-0.2, -0.15) is 0 Å². The average Bonchev–Trinajstić information content (AvgIpc) is 2.72. The van der Waals surface area contributed by atoms with Crippen molar-refractivity contribution in [3.63, 3.8) is 0 Å². The molecule has 2 amide bonds. The van der Waals surface area contributed by atoms with Gasteiger partial charge in [0.15, 0.2) is 24.6 Å². The van der Waals surface area contributed by atoms with Gasteiger partial charge < -0.3 is 25.0 Å². The molecule has 3 N–H and O–H groups in total. The molecule has 1 heterocycles. The van der Waals surface area contributed by atoms with Gasteiger partial charge in [-0.3, -0.25) is 9.59 Å². The molecule has 0 radical (unpaired) electrons. The maximum absolute atomic E-state index is 12.3. The smallest absolute Gasteiger partial charge is 0.279 e. The summed E-state index contributed by atoms with van der Waals surface area (Å²) in [7, 11) is 1.82. The normalized spacial score (nSPS) is 16.0. The summed E-state index contributed by atoms with van der Waals surface area (Å²) in [5.41, 5.74) is 0.789. The molecule has 8 heteroatoms. The molecule has 0 aliphatic carbocycles. The fourth-order valence-corrected chi connectivity index (χ4v) is 3.56. The third kappa shape index (κ3) is 6.13. The van der Waals surface area contributed by atoms with Gasteiger partial charge in [-0.25, -0.2) is 0 Å². The Bertz CT molecular complexity index is 861. The van der Waals surface area contributed by atoms with Crippen molar-refractivity contribution in [1.82, 2.24) is 5.32 Å². The second kappa shape index (κ2) is 10.2. The highest BCUT2D eigenvalue weighted by Crippen LogP contribution is 2.30. The van der Waals surface area contributed by atoms with Crippen molar-refractivity contribution in [3.8, 4) is 11.5 Å². The first-order valence-electron chi connectivity index (χ1n) is 9.44. The number of benzene rings is 2. The summed E-state index contributed by atoms with van der Waals surface area (Å²) in [6.07, 6.45) is 1.73. The van der Waals surface area contributed by atoms with E-state index in [0.29, 0.717) is 24.7 Å². The monoisotopic (exact) mass is 416 g/mol. The fraction of sp³-hybridized carbons (Fsp3) is 0.333. The van der Waals surface area contributed by atoms with Crippen LogP contribution in [0.2, 0.25) is 0 Å². The Morgan fingerprint density at radius 2 is 1.76 bits per heavy atom. The first-order valence-corrected chi connectivity index (χ1v) is 10.7. The summed E-state index contributed by atoms with van der Waals surface area (Å²) in [5, 5.41) is 5.77. The number of anilines is 1. The number of carbonyl (C=O) groups excluding carboxylic acids is 2. The van der Waals surface area contributed by atoms with E-state index in [0.717, 1.165) is 15.5 Å². The molecule has 29 heavy (non-hydrogen) atoms. The lowest BCUT2D eigenvalue weighted by Gasteiger charge is -2.26. The van der Waals surface area contributed by atoms with Crippen molar-refractivity contribution in [2.75, 3.05) is 44.9 Å². The van der Waals surface area contributed by atoms with Crippen LogP contribution < -0.4 is 25.0 Å². The molecule has 2 atom stereocenters. The van der Waals surface area contributed by atoms with Gasteiger partial charge in [-0.15, -0.1) is 11.8 Å². The second-order valence-corrected chi connectivity index (χ2v) is 7.71. The van der Waals surface area contributed by atoms with Crippen LogP contribution >= 0.6 is 11.8 Å². The van der Waals surface area contributed by atoms with E-state index in [-0.39, 0.29) is 31.0 Å². The number of fused-ring (bicyclic) bond motifs is 1. The van der Waals surface area contributed by atoms with E-state index in [1.165, 1.54) is 0 Å². The number of thioether (sulfide) groups is 1. The summed E-state index contributed by atoms with van der Waals surface area (Å²) in [6.45, 7) is 1.14. The molecule has 0 saturated heterocycles. The third-order valence-corrected chi connectivity index (χ3v) is 5.20. The lowest BCUT2D eigenvalue weighted by Crippen LogP contribution is -3.11. The summed E-state index contributed by atoms with van der Waals surface area (Å²) < 4.78 is 11.5. The average molecular weight is 417 g/mol. The minimum atomic E-state index is -0.236. The lowest BCUT2D eigenvalue weighted by atomic mass is 10.2. The van der Waals surface area contributed by atoms with Crippen molar-refractivity contribution in [2.45, 2.75) is 11.0 Å². The molecule has 7 nitrogen and oxygen atoms in total. The van der Waals surface area contributed by atoms with Crippen LogP contribution in [-0.2, 0) is 9.59 Å². The minimum absolute atomic E-state index is 0.127. The molecule has 0 aromatic heterocycles. The summed E-state index contributed by atoms with van der Waals surface area (Å²) >= 11 is 1.58. The number of ether oxygens (including phenoxy) is 2. The number of para-hydroxylation sites is 3. The zero-order chi connectivity index (χ0) is 20.6. The predicted molar refractivity (Wildman–Crippen MR) is 113 cm³/mol. The maximum Gasteiger partial charge on any atom is 0.279 e. The van der Waals surface area contributed by atoms with Crippen LogP contribution in [0.1, 0.15) is 0 Å². The number of nitrogens with one attached hydrogen (secondary N) is 3. The van der Waals surface area contributed by atoms with Crippen LogP contribution in [0.25, 0.3) is 0 Å². The molecule has 2 aromatic carbocycles. The van der Waals surface area contributed by atoms with Gasteiger partial charge in [0.25, 0.3) is 11.8 Å². The fourth-order valence-electron chi connectivity index (χ4n) is 3.01. The highest BCUT2D eigenvalue weighted by atomic mass is 32.2. The van der Waals surface area contributed by atoms with Gasteiger partial charge in [0.05, 0.1) is 19.3 Å². The Kier molecular flexibility index (Phi) is 7.37. The van der Waals surface area contributed by atoms with Crippen molar-refractivity contribution < 1.29 is 24.0 Å². The molecule has 2 aromatic rings. The molecule has 1 aliphatic rings. The zero-order valence-electron chi connectivity index (χ0n) is 16.6. The first kappa shape index (κ1) is 21.0. The highest BCUT2D eigenvalue weighted by Gasteiger charge is 2.22. The Morgan fingerprint density at radius 1 is 1.07 bits per heavy atom. The molecule has 1 unspecified atom stereocenters. The Balaban J connectivity index is 1.39. The Morgan fingerprint density at radius 3 is 2.55 bits per heavy atom. The van der Waals surface area contributed by atoms with Gasteiger partial charge in [0, 0.05) is 4.90 Å². The number of hydrogen-bond acceptors (Lipinski definition) is 5. The quantitative estimate of drug-likeness (QED) is 0.555. The molecule has 1 aliphatic heterocycles. The standard InChI is InChI=1S/C21H25N3O4S/c1-24(13-21(26)23-16-7-3-6-10-19(16)29-2)12-20(25)22-11-15-14-27-17-8-4-5-9-18(17)28-15/h3-10,15H,11-14H2,1-2H3,(H,22,25)(H,23,26)/p+1/t15-/m1/s1. The van der Waals surface area contributed by atoms with Gasteiger partial charge in [-0.1, -0.05) is 24.3 Å². The minimum Gasteiger partial charge on any atom is -0.486 e. The van der Waals surface area contributed by atoms with Crippen LogP contribution in [0.4, 0.5) is 5.69 Å². The molecular formula is C21H26N3O4S+. The summed E-state index contributed by atoms with van der Waals surface area (Å²) in [5.74, 6) is 1.14. The zero-order valence-corrected chi connectivity index (χ0v) is 17.4. The third-order valence-electron chi connectivity index (χ3n) is 4.40. The van der Waals surface area contributed by atoms with E-state index >= 15 is 0 Å². The number of amides is 2. The molecule has 154 valence electrons. The van der Waals surface area contributed by atoms with Gasteiger partial charge in [-0.05, 0) is 30.5 Å². The predicted octanol–water partition coefficient (Wildman–Crippen LogP) is 0.818. The molecular weight excluding hydrogens is 390 g/mol. The van der Waals surface area contributed by atoms with E-state index in [1.807, 2.05) is 61.8 Å². The lowest BCUT2D eigenvalue weighted by molar-refractivity contribution is -0.862. The Labute approximate surface area is 174 Å². The topological polar surface area (TPSA) is 81.1 Å². The van der Waals surface area contributed by atoms with Crippen molar-refractivity contribution in [3.05, 3.63) is 48.5 Å². The van der Waals surface area contributed by atoms with Crippen molar-refractivity contribution >= 4 is 29.3 Å². The van der Waals surface area contributed by atoms with Crippen molar-refractivity contribution in [2.24, 2.45) is 0 Å². The number of hydrogen-bond donors (Lipinski definition) is 3. The molecule has 0 spiro atoms. The van der Waals surface area contributed by atoms with E-state index in [4.69, 9.17) is 9.47 Å². The van der Waals surface area contributed by atoms with Crippen molar-refractivity contribution in [1.29, 1.82) is 0 Å². The second-order valence-electron chi connectivity index (χ2n) is 6.86. The van der Waals surface area contributed by atoms with Crippen LogP contribution in [0.5, 0.6) is 11.5 Å². The SMILES string of the molecule is CSc1ccccc1NC(=O)C[NH+](C)CC(=O)NC[C@@H]1COc2ccccc2O1. The molecule has 0 fully saturated rings. The Hall–Kier alpha value is -2.71. The number of carbonyl (C=O) groups is 2. The first-order chi connectivity index (χ1) is 14.0. The maximum atomic E-state index is 12.3. The van der Waals surface area contributed by atoms with Gasteiger partial charge in [0.1, 0.15) is 12.7 Å². The molecule has 0 bridgehead atoms. The summed E-state index contributed by atoms with van der Waals surface area (Å²) in [6, 6.07) is 15.1. The number of quaternary nitrogens is 1. The van der Waals surface area contributed by atoms with Gasteiger partial charge >= 0.3 is 0 Å². The van der Waals surface area contributed by atoms with E-state index in [2.05, 4.69) is 10.6 Å². The number of rotatable bonds is 8. The highest BCUT2D eigenvalue weighted by molar-refractivity contribution is 7.98. The molecule has 3 rings (SSSR count). The number of likely N-dealkylation sites (N-methyl/N-ethyl adjacent to an activating group) is 1. The van der Waals surface area contributed by atoms with Crippen LogP contribution in [0, 0.1) is 0 Å². The van der Waals surface area contributed by atoms with Crippen LogP contribution in [-0.4, -0.2) is 57.5 Å². The van der Waals surface area contributed by atoms with E-state index < -0.39 is 0 Å². The van der Waals surface area contributed by atoms with Crippen LogP contribution in [0.3, 0.4) is 0 Å². The molecule has 0 saturated carbocycles. The summed E-state index contributed by atoms with van der Waals surface area (Å²) in [4.78, 5) is 26.3.